The van der Waals surface area contributed by atoms with Crippen molar-refractivity contribution in [1.82, 2.24) is 0 Å². The molecule has 5 nitrogen and oxygen atoms in total. The summed E-state index contributed by atoms with van der Waals surface area (Å²) in [4.78, 5) is 21.8. The second-order valence-corrected chi connectivity index (χ2v) is 2.94. The number of aliphatic carboxylic acids is 1. The molecule has 1 N–H and O–H groups in total. The summed E-state index contributed by atoms with van der Waals surface area (Å²) in [7, 11) is 1.26. The highest BCUT2D eigenvalue weighted by atomic mass is 16.5. The molecule has 2 atom stereocenters. The van der Waals surface area contributed by atoms with Gasteiger partial charge in [0.25, 0.3) is 0 Å². The molecule has 13 heavy (non-hydrogen) atoms. The molecule has 0 aromatic heterocycles. The van der Waals surface area contributed by atoms with Gasteiger partial charge in [-0.25, -0.2) is 0 Å². The maximum Gasteiger partial charge on any atom is 0.309 e. The first-order valence-electron chi connectivity index (χ1n) is 4.05. The van der Waals surface area contributed by atoms with Gasteiger partial charge in [0, 0.05) is 6.61 Å². The SMILES string of the molecule is COC(=O)[C@H]1CCOC[C@H]1C(=O)O. The van der Waals surface area contributed by atoms with Crippen LogP contribution in [0.25, 0.3) is 0 Å². The molecule has 1 rings (SSSR count). The van der Waals surface area contributed by atoms with Gasteiger partial charge >= 0.3 is 11.9 Å². The van der Waals surface area contributed by atoms with Gasteiger partial charge in [0.2, 0.25) is 0 Å². The lowest BCUT2D eigenvalue weighted by atomic mass is 9.88. The Morgan fingerprint density at radius 2 is 2.15 bits per heavy atom. The molecule has 5 heteroatoms. The van der Waals surface area contributed by atoms with Crippen molar-refractivity contribution in [3.8, 4) is 0 Å². The summed E-state index contributed by atoms with van der Waals surface area (Å²) >= 11 is 0. The Hall–Kier alpha value is -1.10. The molecule has 1 fully saturated rings. The van der Waals surface area contributed by atoms with Crippen LogP contribution in [0.5, 0.6) is 0 Å². The fourth-order valence-electron chi connectivity index (χ4n) is 1.41. The summed E-state index contributed by atoms with van der Waals surface area (Å²) in [5, 5.41) is 8.77. The molecule has 0 amide bonds. The second kappa shape index (κ2) is 4.23. The smallest absolute Gasteiger partial charge is 0.309 e. The Kier molecular flexibility index (Phi) is 3.25. The van der Waals surface area contributed by atoms with Crippen molar-refractivity contribution in [3.63, 3.8) is 0 Å². The van der Waals surface area contributed by atoms with E-state index in [2.05, 4.69) is 4.74 Å². The lowest BCUT2D eigenvalue weighted by Crippen LogP contribution is -2.38. The van der Waals surface area contributed by atoms with Crippen molar-refractivity contribution in [2.75, 3.05) is 20.3 Å². The van der Waals surface area contributed by atoms with Crippen molar-refractivity contribution in [2.24, 2.45) is 11.8 Å². The number of carbonyl (C=O) groups is 2. The Labute approximate surface area is 75.6 Å². The topological polar surface area (TPSA) is 72.8 Å². The first-order chi connectivity index (χ1) is 6.16. The van der Waals surface area contributed by atoms with E-state index in [4.69, 9.17) is 9.84 Å². The standard InChI is InChI=1S/C8H12O5/c1-12-8(11)5-2-3-13-4-6(5)7(9)10/h5-6H,2-4H2,1H3,(H,9,10)/t5-,6+/m0/s1. The summed E-state index contributed by atoms with van der Waals surface area (Å²) in [6.45, 7) is 0.513. The van der Waals surface area contributed by atoms with Crippen LogP contribution in [0.3, 0.4) is 0 Å². The maximum atomic E-state index is 11.1. The molecule has 0 bridgehead atoms. The van der Waals surface area contributed by atoms with Crippen LogP contribution in [0, 0.1) is 11.8 Å². The van der Waals surface area contributed by atoms with Gasteiger partial charge in [-0.15, -0.1) is 0 Å². The van der Waals surface area contributed by atoms with Gasteiger partial charge < -0.3 is 14.6 Å². The van der Waals surface area contributed by atoms with Crippen molar-refractivity contribution >= 4 is 11.9 Å². The van der Waals surface area contributed by atoms with Gasteiger partial charge in [-0.05, 0) is 6.42 Å². The van der Waals surface area contributed by atoms with E-state index in [1.807, 2.05) is 0 Å². The van der Waals surface area contributed by atoms with Crippen molar-refractivity contribution in [2.45, 2.75) is 6.42 Å². The molecule has 1 saturated heterocycles. The lowest BCUT2D eigenvalue weighted by Gasteiger charge is -2.26. The summed E-state index contributed by atoms with van der Waals surface area (Å²) in [6, 6.07) is 0. The maximum absolute atomic E-state index is 11.1. The fraction of sp³-hybridized carbons (Fsp3) is 0.750. The number of carboxylic acid groups (broad SMARTS) is 1. The third-order valence-corrected chi connectivity index (χ3v) is 2.18. The highest BCUT2D eigenvalue weighted by Crippen LogP contribution is 2.23. The molecule has 0 unspecified atom stereocenters. The van der Waals surface area contributed by atoms with E-state index in [1.165, 1.54) is 7.11 Å². The molecule has 1 aliphatic rings. The first-order valence-corrected chi connectivity index (χ1v) is 4.05. The van der Waals surface area contributed by atoms with Gasteiger partial charge in [0.05, 0.1) is 25.6 Å². The third kappa shape index (κ3) is 2.18. The molecule has 0 aromatic carbocycles. The molecule has 0 spiro atoms. The van der Waals surface area contributed by atoms with E-state index in [0.29, 0.717) is 13.0 Å². The summed E-state index contributed by atoms with van der Waals surface area (Å²) < 4.78 is 9.49. The van der Waals surface area contributed by atoms with Crippen LogP contribution in [0.15, 0.2) is 0 Å². The molecule has 74 valence electrons. The molecule has 0 aliphatic carbocycles. The van der Waals surface area contributed by atoms with E-state index >= 15 is 0 Å². The van der Waals surface area contributed by atoms with Crippen LogP contribution in [0.4, 0.5) is 0 Å². The van der Waals surface area contributed by atoms with Crippen molar-refractivity contribution in [1.29, 1.82) is 0 Å². The molecule has 0 radical (unpaired) electrons. The molecule has 0 saturated carbocycles. The summed E-state index contributed by atoms with van der Waals surface area (Å²) in [5.41, 5.74) is 0. The number of methoxy groups -OCH3 is 1. The zero-order chi connectivity index (χ0) is 9.84. The van der Waals surface area contributed by atoms with E-state index in [-0.39, 0.29) is 6.61 Å². The second-order valence-electron chi connectivity index (χ2n) is 2.94. The molecular formula is C8H12O5. The van der Waals surface area contributed by atoms with E-state index in [9.17, 15) is 9.59 Å². The average Bonchev–Trinajstić information content (AvgIpc) is 2.16. The van der Waals surface area contributed by atoms with Crippen LogP contribution in [0.1, 0.15) is 6.42 Å². The number of rotatable bonds is 2. The Balaban J connectivity index is 2.67. The number of carboxylic acids is 1. The number of hydrogen-bond donors (Lipinski definition) is 1. The molecule has 1 aliphatic heterocycles. The minimum absolute atomic E-state index is 0.0924. The van der Waals surface area contributed by atoms with Crippen molar-refractivity contribution < 1.29 is 24.2 Å². The Morgan fingerprint density at radius 3 is 2.69 bits per heavy atom. The normalized spacial score (nSPS) is 28.1. The highest BCUT2D eigenvalue weighted by molar-refractivity contribution is 5.81. The lowest BCUT2D eigenvalue weighted by molar-refractivity contribution is -0.163. The number of ether oxygens (including phenoxy) is 2. The molecule has 0 aromatic rings. The van der Waals surface area contributed by atoms with Crippen LogP contribution in [-0.2, 0) is 19.1 Å². The van der Waals surface area contributed by atoms with Crippen LogP contribution >= 0.6 is 0 Å². The zero-order valence-electron chi connectivity index (χ0n) is 7.36. The third-order valence-electron chi connectivity index (χ3n) is 2.18. The van der Waals surface area contributed by atoms with Crippen LogP contribution < -0.4 is 0 Å². The largest absolute Gasteiger partial charge is 0.481 e. The first kappa shape index (κ1) is 9.98. The zero-order valence-corrected chi connectivity index (χ0v) is 7.36. The van der Waals surface area contributed by atoms with Crippen LogP contribution in [0.2, 0.25) is 0 Å². The molecular weight excluding hydrogens is 176 g/mol. The van der Waals surface area contributed by atoms with E-state index in [0.717, 1.165) is 0 Å². The minimum atomic E-state index is -1.00. The Morgan fingerprint density at radius 1 is 1.46 bits per heavy atom. The summed E-state index contributed by atoms with van der Waals surface area (Å²) in [5.74, 6) is -2.79. The monoisotopic (exact) mass is 188 g/mol. The van der Waals surface area contributed by atoms with Gasteiger partial charge in [-0.2, -0.15) is 0 Å². The minimum Gasteiger partial charge on any atom is -0.481 e. The van der Waals surface area contributed by atoms with Gasteiger partial charge in [0.1, 0.15) is 0 Å². The summed E-state index contributed by atoms with van der Waals surface area (Å²) in [6.07, 6.45) is 0.420. The predicted molar refractivity (Wildman–Crippen MR) is 42.1 cm³/mol. The number of hydrogen-bond acceptors (Lipinski definition) is 4. The van der Waals surface area contributed by atoms with Crippen LogP contribution in [-0.4, -0.2) is 37.4 Å². The molecule has 1 heterocycles. The van der Waals surface area contributed by atoms with E-state index < -0.39 is 23.8 Å². The quantitative estimate of drug-likeness (QED) is 0.612. The Bertz CT molecular complexity index is 213. The fourth-order valence-corrected chi connectivity index (χ4v) is 1.41. The average molecular weight is 188 g/mol. The van der Waals surface area contributed by atoms with Gasteiger partial charge in [0.15, 0.2) is 0 Å². The van der Waals surface area contributed by atoms with Gasteiger partial charge in [-0.3, -0.25) is 9.59 Å². The highest BCUT2D eigenvalue weighted by Gasteiger charge is 2.37. The van der Waals surface area contributed by atoms with Crippen molar-refractivity contribution in [3.05, 3.63) is 0 Å². The number of carbonyl (C=O) groups excluding carboxylic acids is 1. The number of esters is 1. The van der Waals surface area contributed by atoms with Gasteiger partial charge in [-0.1, -0.05) is 0 Å². The van der Waals surface area contributed by atoms with E-state index in [1.54, 1.807) is 0 Å². The predicted octanol–water partition coefficient (Wildman–Crippen LogP) is -0.103.